The van der Waals surface area contributed by atoms with Gasteiger partial charge in [0.05, 0.1) is 5.69 Å². The van der Waals surface area contributed by atoms with Gasteiger partial charge >= 0.3 is 0 Å². The molecule has 0 bridgehead atoms. The quantitative estimate of drug-likeness (QED) is 0.440. The Hall–Kier alpha value is 0.160. The Morgan fingerprint density at radius 2 is 1.38 bits per heavy atom. The standard InChI is InChI=1S/C16H13Br4N/c17-11-3-1-9(2-4-11)10-5-13(6-10)21-16-14(19)7-12(18)8-15(16)20/h1-4,7-8,10,13,21H,5-6H2. The molecule has 0 unspecified atom stereocenters. The van der Waals surface area contributed by atoms with Crippen LogP contribution in [0.3, 0.4) is 0 Å². The molecule has 1 aliphatic carbocycles. The van der Waals surface area contributed by atoms with Gasteiger partial charge in [0.2, 0.25) is 0 Å². The molecule has 0 amide bonds. The molecule has 21 heavy (non-hydrogen) atoms. The summed E-state index contributed by atoms with van der Waals surface area (Å²) in [5.74, 6) is 0.670. The Balaban J connectivity index is 1.64. The largest absolute Gasteiger partial charge is 0.380 e. The second-order valence-electron chi connectivity index (χ2n) is 5.31. The van der Waals surface area contributed by atoms with Gasteiger partial charge in [-0.25, -0.2) is 0 Å². The summed E-state index contributed by atoms with van der Waals surface area (Å²) >= 11 is 14.2. The van der Waals surface area contributed by atoms with Gasteiger partial charge in [-0.05, 0) is 80.4 Å². The molecule has 1 N–H and O–H groups in total. The second-order valence-corrected chi connectivity index (χ2v) is 8.85. The Morgan fingerprint density at radius 1 is 0.810 bits per heavy atom. The molecule has 0 aromatic heterocycles. The van der Waals surface area contributed by atoms with Crippen molar-refractivity contribution in [2.45, 2.75) is 24.8 Å². The number of hydrogen-bond donors (Lipinski definition) is 1. The van der Waals surface area contributed by atoms with Crippen molar-refractivity contribution in [3.05, 3.63) is 59.9 Å². The number of halogens is 4. The zero-order valence-corrected chi connectivity index (χ0v) is 17.4. The number of nitrogens with one attached hydrogen (secondary N) is 1. The highest BCUT2D eigenvalue weighted by molar-refractivity contribution is 9.11. The lowest BCUT2D eigenvalue weighted by Crippen LogP contribution is -2.34. The van der Waals surface area contributed by atoms with E-state index in [0.717, 1.165) is 23.6 Å². The molecule has 0 aliphatic heterocycles. The summed E-state index contributed by atoms with van der Waals surface area (Å²) in [6, 6.07) is 13.4. The highest BCUT2D eigenvalue weighted by Gasteiger charge is 2.30. The predicted octanol–water partition coefficient (Wildman–Crippen LogP) is 7.09. The van der Waals surface area contributed by atoms with E-state index in [2.05, 4.69) is 105 Å². The Kier molecular flexibility index (Phi) is 5.14. The molecule has 0 saturated heterocycles. The predicted molar refractivity (Wildman–Crippen MR) is 103 cm³/mol. The molecule has 1 aliphatic rings. The first kappa shape index (κ1) is 16.0. The molecule has 0 spiro atoms. The van der Waals surface area contributed by atoms with Gasteiger partial charge in [0.1, 0.15) is 0 Å². The molecule has 2 aromatic carbocycles. The van der Waals surface area contributed by atoms with Gasteiger partial charge in [-0.3, -0.25) is 0 Å². The van der Waals surface area contributed by atoms with Gasteiger partial charge in [-0.2, -0.15) is 0 Å². The lowest BCUT2D eigenvalue weighted by Gasteiger charge is -2.37. The molecule has 1 saturated carbocycles. The van der Waals surface area contributed by atoms with Crippen LogP contribution < -0.4 is 5.32 Å². The molecule has 1 fully saturated rings. The van der Waals surface area contributed by atoms with Crippen LogP contribution in [0.4, 0.5) is 5.69 Å². The molecule has 2 aromatic rings. The van der Waals surface area contributed by atoms with E-state index in [1.165, 1.54) is 18.4 Å². The topological polar surface area (TPSA) is 12.0 Å². The van der Waals surface area contributed by atoms with E-state index < -0.39 is 0 Å². The fourth-order valence-corrected chi connectivity index (χ4v) is 5.38. The van der Waals surface area contributed by atoms with Gasteiger partial charge in [0, 0.05) is 23.9 Å². The van der Waals surface area contributed by atoms with E-state index in [1.54, 1.807) is 0 Å². The van der Waals surface area contributed by atoms with Crippen LogP contribution in [0.5, 0.6) is 0 Å². The minimum absolute atomic E-state index is 0.535. The highest BCUT2D eigenvalue weighted by atomic mass is 79.9. The maximum Gasteiger partial charge on any atom is 0.0631 e. The molecule has 110 valence electrons. The van der Waals surface area contributed by atoms with Crippen molar-refractivity contribution in [2.24, 2.45) is 0 Å². The molecule has 0 atom stereocenters. The maximum absolute atomic E-state index is 3.63. The zero-order chi connectivity index (χ0) is 15.0. The third-order valence-electron chi connectivity index (χ3n) is 3.83. The average molecular weight is 539 g/mol. The van der Waals surface area contributed by atoms with Crippen LogP contribution in [0.2, 0.25) is 0 Å². The SMILES string of the molecule is Brc1ccc(C2CC(Nc3c(Br)cc(Br)cc3Br)C2)cc1. The van der Waals surface area contributed by atoms with Crippen molar-refractivity contribution in [1.29, 1.82) is 0 Å². The number of anilines is 1. The van der Waals surface area contributed by atoms with Crippen molar-refractivity contribution in [1.82, 2.24) is 0 Å². The normalized spacial score (nSPS) is 21.0. The van der Waals surface area contributed by atoms with Crippen LogP contribution >= 0.6 is 63.7 Å². The first-order valence-electron chi connectivity index (χ1n) is 6.69. The number of rotatable bonds is 3. The molecule has 0 radical (unpaired) electrons. The molecular weight excluding hydrogens is 526 g/mol. The second kappa shape index (κ2) is 6.73. The van der Waals surface area contributed by atoms with Crippen molar-refractivity contribution in [2.75, 3.05) is 5.32 Å². The van der Waals surface area contributed by atoms with E-state index in [0.29, 0.717) is 12.0 Å². The van der Waals surface area contributed by atoms with Crippen LogP contribution in [0.1, 0.15) is 24.3 Å². The van der Waals surface area contributed by atoms with Gasteiger partial charge < -0.3 is 5.32 Å². The first-order chi connectivity index (χ1) is 10.0. The summed E-state index contributed by atoms with van der Waals surface area (Å²) < 4.78 is 4.36. The monoisotopic (exact) mass is 535 g/mol. The minimum Gasteiger partial charge on any atom is -0.380 e. The van der Waals surface area contributed by atoms with Crippen molar-refractivity contribution >= 4 is 69.4 Å². The lowest BCUT2D eigenvalue weighted by molar-refractivity contribution is 0.374. The van der Waals surface area contributed by atoms with Gasteiger partial charge in [-0.1, -0.05) is 44.0 Å². The summed E-state index contributed by atoms with van der Waals surface area (Å²) in [5, 5.41) is 3.63. The van der Waals surface area contributed by atoms with E-state index in [1.807, 2.05) is 0 Å². The van der Waals surface area contributed by atoms with Crippen molar-refractivity contribution < 1.29 is 0 Å². The Labute approximate surface area is 158 Å². The zero-order valence-electron chi connectivity index (χ0n) is 11.0. The smallest absolute Gasteiger partial charge is 0.0631 e. The molecular formula is C16H13Br4N. The fourth-order valence-electron chi connectivity index (χ4n) is 2.63. The highest BCUT2D eigenvalue weighted by Crippen LogP contribution is 2.42. The average Bonchev–Trinajstić information content (AvgIpc) is 2.37. The van der Waals surface area contributed by atoms with E-state index in [-0.39, 0.29) is 0 Å². The first-order valence-corrected chi connectivity index (χ1v) is 9.86. The Morgan fingerprint density at radius 3 is 1.95 bits per heavy atom. The van der Waals surface area contributed by atoms with E-state index in [9.17, 15) is 0 Å². The fraction of sp³-hybridized carbons (Fsp3) is 0.250. The summed E-state index contributed by atoms with van der Waals surface area (Å²) in [6.45, 7) is 0. The van der Waals surface area contributed by atoms with Crippen molar-refractivity contribution in [3.8, 4) is 0 Å². The Bertz CT molecular complexity index is 625. The van der Waals surface area contributed by atoms with Crippen LogP contribution in [-0.4, -0.2) is 6.04 Å². The third-order valence-corrected chi connectivity index (χ3v) is 6.07. The lowest BCUT2D eigenvalue weighted by atomic mass is 9.76. The van der Waals surface area contributed by atoms with Gasteiger partial charge in [0.15, 0.2) is 0 Å². The van der Waals surface area contributed by atoms with Crippen molar-refractivity contribution in [3.63, 3.8) is 0 Å². The van der Waals surface area contributed by atoms with Crippen LogP contribution in [0.25, 0.3) is 0 Å². The summed E-state index contributed by atoms with van der Waals surface area (Å²) in [6.07, 6.45) is 2.35. The van der Waals surface area contributed by atoms with Gasteiger partial charge in [0.25, 0.3) is 0 Å². The summed E-state index contributed by atoms with van der Waals surface area (Å²) in [5.41, 5.74) is 2.57. The molecule has 5 heteroatoms. The van der Waals surface area contributed by atoms with Crippen LogP contribution in [-0.2, 0) is 0 Å². The van der Waals surface area contributed by atoms with Gasteiger partial charge in [-0.15, -0.1) is 0 Å². The molecule has 0 heterocycles. The van der Waals surface area contributed by atoms with E-state index >= 15 is 0 Å². The third kappa shape index (κ3) is 3.74. The number of hydrogen-bond acceptors (Lipinski definition) is 1. The van der Waals surface area contributed by atoms with E-state index in [4.69, 9.17) is 0 Å². The van der Waals surface area contributed by atoms with Crippen LogP contribution in [0.15, 0.2) is 54.3 Å². The van der Waals surface area contributed by atoms with Crippen LogP contribution in [0, 0.1) is 0 Å². The maximum atomic E-state index is 3.63. The molecule has 3 rings (SSSR count). The minimum atomic E-state index is 0.535. The number of benzene rings is 2. The summed E-state index contributed by atoms with van der Waals surface area (Å²) in [7, 11) is 0. The summed E-state index contributed by atoms with van der Waals surface area (Å²) in [4.78, 5) is 0. The molecule has 1 nitrogen and oxygen atoms in total.